The number of fused-ring (bicyclic) bond motifs is 2. The van der Waals surface area contributed by atoms with Gasteiger partial charge in [0.05, 0.1) is 16.8 Å². The first-order chi connectivity index (χ1) is 12.2. The molecular weight excluding hydrogens is 338 g/mol. The van der Waals surface area contributed by atoms with Gasteiger partial charge in [0.2, 0.25) is 5.91 Å². The van der Waals surface area contributed by atoms with Gasteiger partial charge in [0.25, 0.3) is 0 Å². The van der Waals surface area contributed by atoms with Crippen LogP contribution in [0, 0.1) is 11.3 Å². The number of carbonyl (C=O) groups excluding carboxylic acids is 1. The van der Waals surface area contributed by atoms with Crippen molar-refractivity contribution in [1.29, 1.82) is 5.26 Å². The largest absolute Gasteiger partial charge is 0.486 e. The van der Waals surface area contributed by atoms with Crippen LogP contribution in [-0.4, -0.2) is 47.8 Å². The summed E-state index contributed by atoms with van der Waals surface area (Å²) in [4.78, 5) is 18.5. The second-order valence-corrected chi connectivity index (χ2v) is 6.46. The van der Waals surface area contributed by atoms with Gasteiger partial charge in [-0.25, -0.2) is 4.98 Å². The summed E-state index contributed by atoms with van der Waals surface area (Å²) in [6.07, 6.45) is 0. The van der Waals surface area contributed by atoms with E-state index in [9.17, 15) is 10.1 Å². The molecule has 0 bridgehead atoms. The number of nitriles is 1. The van der Waals surface area contributed by atoms with E-state index in [0.29, 0.717) is 48.4 Å². The van der Waals surface area contributed by atoms with Gasteiger partial charge in [-0.15, -0.1) is 0 Å². The van der Waals surface area contributed by atoms with Crippen LogP contribution in [-0.2, 0) is 4.79 Å². The maximum Gasteiger partial charge on any atom is 0.232 e. The number of benzene rings is 1. The van der Waals surface area contributed by atoms with Crippen LogP contribution in [0.5, 0.6) is 11.5 Å². The fourth-order valence-corrected chi connectivity index (χ4v) is 3.55. The van der Waals surface area contributed by atoms with Crippen LogP contribution >= 0.6 is 11.8 Å². The molecule has 1 aromatic heterocycles. The Morgan fingerprint density at radius 1 is 1.24 bits per heavy atom. The zero-order valence-corrected chi connectivity index (χ0v) is 15.1. The summed E-state index contributed by atoms with van der Waals surface area (Å²) in [5.41, 5.74) is 1.18. The molecule has 25 heavy (non-hydrogen) atoms. The van der Waals surface area contributed by atoms with Crippen molar-refractivity contribution in [2.45, 2.75) is 18.9 Å². The molecule has 3 rings (SSSR count). The highest BCUT2D eigenvalue weighted by Gasteiger charge is 2.17. The Labute approximate surface area is 150 Å². The van der Waals surface area contributed by atoms with Crippen LogP contribution in [0.15, 0.2) is 23.2 Å². The van der Waals surface area contributed by atoms with Crippen molar-refractivity contribution < 1.29 is 14.3 Å². The fourth-order valence-electron chi connectivity index (χ4n) is 2.68. The average molecular weight is 357 g/mol. The fraction of sp³-hybridized carbons (Fsp3) is 0.389. The normalized spacial score (nSPS) is 12.7. The number of hydrogen-bond donors (Lipinski definition) is 0. The minimum absolute atomic E-state index is 0.0444. The van der Waals surface area contributed by atoms with Gasteiger partial charge in [-0.1, -0.05) is 11.8 Å². The van der Waals surface area contributed by atoms with Gasteiger partial charge in [-0.3, -0.25) is 4.79 Å². The molecule has 1 aromatic carbocycles. The second kappa shape index (κ2) is 7.62. The maximum atomic E-state index is 12.2. The molecule has 0 saturated heterocycles. The van der Waals surface area contributed by atoms with Crippen molar-refractivity contribution in [2.75, 3.05) is 32.1 Å². The Hall–Kier alpha value is -2.46. The van der Waals surface area contributed by atoms with Crippen LogP contribution in [0.1, 0.15) is 19.4 Å². The molecule has 0 N–H and O–H groups in total. The first-order valence-electron chi connectivity index (χ1n) is 8.21. The number of ether oxygens (including phenoxy) is 2. The molecule has 0 atom stereocenters. The molecule has 6 nitrogen and oxygen atoms in total. The number of amides is 1. The van der Waals surface area contributed by atoms with Crippen molar-refractivity contribution in [3.8, 4) is 17.6 Å². The third-order valence-electron chi connectivity index (χ3n) is 4.01. The number of pyridine rings is 1. The monoisotopic (exact) mass is 357 g/mol. The van der Waals surface area contributed by atoms with E-state index in [1.807, 2.05) is 26.0 Å². The Bertz CT molecular complexity index is 844. The lowest BCUT2D eigenvalue weighted by Gasteiger charge is -2.19. The van der Waals surface area contributed by atoms with Crippen molar-refractivity contribution in [3.05, 3.63) is 23.8 Å². The molecule has 1 aliphatic heterocycles. The summed E-state index contributed by atoms with van der Waals surface area (Å²) in [7, 11) is 0. The molecule has 0 unspecified atom stereocenters. The molecule has 2 heterocycles. The molecule has 2 aromatic rings. The van der Waals surface area contributed by atoms with Gasteiger partial charge in [0.15, 0.2) is 11.5 Å². The molecule has 7 heteroatoms. The molecule has 1 aliphatic rings. The lowest BCUT2D eigenvalue weighted by Crippen LogP contribution is -2.31. The van der Waals surface area contributed by atoms with Crippen molar-refractivity contribution in [3.63, 3.8) is 0 Å². The molecule has 0 spiro atoms. The molecule has 0 saturated carbocycles. The van der Waals surface area contributed by atoms with E-state index < -0.39 is 0 Å². The van der Waals surface area contributed by atoms with Gasteiger partial charge in [0, 0.05) is 24.5 Å². The van der Waals surface area contributed by atoms with E-state index in [1.165, 1.54) is 11.8 Å². The van der Waals surface area contributed by atoms with Crippen molar-refractivity contribution in [1.82, 2.24) is 9.88 Å². The highest BCUT2D eigenvalue weighted by atomic mass is 32.2. The zero-order valence-electron chi connectivity index (χ0n) is 14.2. The summed E-state index contributed by atoms with van der Waals surface area (Å²) >= 11 is 1.29. The van der Waals surface area contributed by atoms with Crippen LogP contribution in [0.3, 0.4) is 0 Å². The van der Waals surface area contributed by atoms with E-state index in [1.54, 1.807) is 11.0 Å². The average Bonchev–Trinajstić information content (AvgIpc) is 2.64. The molecule has 0 aliphatic carbocycles. The van der Waals surface area contributed by atoms with E-state index >= 15 is 0 Å². The maximum absolute atomic E-state index is 12.2. The second-order valence-electron chi connectivity index (χ2n) is 5.50. The van der Waals surface area contributed by atoms with E-state index in [0.717, 1.165) is 10.9 Å². The van der Waals surface area contributed by atoms with Gasteiger partial charge in [-0.05, 0) is 26.0 Å². The van der Waals surface area contributed by atoms with Crippen LogP contribution in [0.25, 0.3) is 10.9 Å². The summed E-state index contributed by atoms with van der Waals surface area (Å²) < 4.78 is 11.2. The zero-order chi connectivity index (χ0) is 17.8. The smallest absolute Gasteiger partial charge is 0.232 e. The number of rotatable bonds is 5. The summed E-state index contributed by atoms with van der Waals surface area (Å²) in [5.74, 6) is 1.63. The number of nitrogens with zero attached hydrogens (tertiary/aromatic N) is 3. The SMILES string of the molecule is CCN(CC)C(=O)CSc1nc2cc3c(cc2cc1C#N)OCCO3. The lowest BCUT2D eigenvalue weighted by molar-refractivity contribution is -0.127. The number of hydrogen-bond acceptors (Lipinski definition) is 6. The Morgan fingerprint density at radius 3 is 2.56 bits per heavy atom. The minimum Gasteiger partial charge on any atom is -0.486 e. The molecule has 0 fully saturated rings. The Balaban J connectivity index is 1.89. The van der Waals surface area contributed by atoms with Crippen molar-refractivity contribution in [2.24, 2.45) is 0 Å². The van der Waals surface area contributed by atoms with Crippen LogP contribution in [0.4, 0.5) is 0 Å². The Morgan fingerprint density at radius 2 is 1.92 bits per heavy atom. The highest BCUT2D eigenvalue weighted by molar-refractivity contribution is 8.00. The standard InChI is InChI=1S/C18H19N3O3S/c1-3-21(4-2)17(22)11-25-18-13(10-19)7-12-8-15-16(9-14(12)20-18)24-6-5-23-15/h7-9H,3-6,11H2,1-2H3. The van der Waals surface area contributed by atoms with E-state index in [4.69, 9.17) is 9.47 Å². The number of thioether (sulfide) groups is 1. The molecule has 130 valence electrons. The predicted molar refractivity (Wildman–Crippen MR) is 96.1 cm³/mol. The quantitative estimate of drug-likeness (QED) is 0.766. The molecule has 1 amide bonds. The first kappa shape index (κ1) is 17.4. The Kier molecular flexibility index (Phi) is 5.29. The van der Waals surface area contributed by atoms with E-state index in [2.05, 4.69) is 11.1 Å². The van der Waals surface area contributed by atoms with Crippen LogP contribution < -0.4 is 9.47 Å². The van der Waals surface area contributed by atoms with E-state index in [-0.39, 0.29) is 11.7 Å². The van der Waals surface area contributed by atoms with Gasteiger partial charge in [-0.2, -0.15) is 5.26 Å². The number of aromatic nitrogens is 1. The minimum atomic E-state index is 0.0444. The summed E-state index contributed by atoms with van der Waals surface area (Å²) in [6.45, 7) is 6.27. The predicted octanol–water partition coefficient (Wildman–Crippen LogP) is 2.84. The number of carbonyl (C=O) groups is 1. The van der Waals surface area contributed by atoms with Gasteiger partial charge in [0.1, 0.15) is 24.3 Å². The third-order valence-corrected chi connectivity index (χ3v) is 4.99. The first-order valence-corrected chi connectivity index (χ1v) is 9.19. The molecular formula is C18H19N3O3S. The topological polar surface area (TPSA) is 75.5 Å². The summed E-state index contributed by atoms with van der Waals surface area (Å²) in [6, 6.07) is 7.61. The third kappa shape index (κ3) is 3.64. The van der Waals surface area contributed by atoms with Crippen molar-refractivity contribution >= 4 is 28.6 Å². The van der Waals surface area contributed by atoms with Crippen LogP contribution in [0.2, 0.25) is 0 Å². The van der Waals surface area contributed by atoms with Gasteiger partial charge >= 0.3 is 0 Å². The summed E-state index contributed by atoms with van der Waals surface area (Å²) in [5, 5.41) is 10.8. The highest BCUT2D eigenvalue weighted by Crippen LogP contribution is 2.35. The molecule has 0 radical (unpaired) electrons. The lowest BCUT2D eigenvalue weighted by atomic mass is 10.1. The van der Waals surface area contributed by atoms with Gasteiger partial charge < -0.3 is 14.4 Å².